The van der Waals surface area contributed by atoms with Crippen molar-refractivity contribution in [3.05, 3.63) is 0 Å². The Hall–Kier alpha value is -1.43. The van der Waals surface area contributed by atoms with E-state index >= 15 is 0 Å². The first-order chi connectivity index (χ1) is 7.41. The number of piperidine rings is 1. The van der Waals surface area contributed by atoms with E-state index in [4.69, 9.17) is 10.2 Å². The van der Waals surface area contributed by atoms with E-state index in [1.54, 1.807) is 0 Å². The number of carboxylic acid groups (broad SMARTS) is 1. The molecule has 0 aromatic rings. The van der Waals surface area contributed by atoms with Crippen molar-refractivity contribution in [2.24, 2.45) is 5.92 Å². The van der Waals surface area contributed by atoms with E-state index in [0.29, 0.717) is 12.8 Å². The molecule has 90 valence electrons. The number of aliphatic carboxylic acids is 1. The molecule has 1 fully saturated rings. The number of amides is 2. The predicted octanol–water partition coefficient (Wildman–Crippen LogP) is -0.393. The Morgan fingerprint density at radius 2 is 1.94 bits per heavy atom. The Morgan fingerprint density at radius 3 is 2.38 bits per heavy atom. The maximum atomic E-state index is 11.5. The monoisotopic (exact) mass is 229 g/mol. The van der Waals surface area contributed by atoms with Gasteiger partial charge in [-0.3, -0.25) is 14.5 Å². The molecule has 0 radical (unpaired) electrons. The van der Waals surface area contributed by atoms with Crippen molar-refractivity contribution in [2.45, 2.75) is 32.3 Å². The quantitative estimate of drug-likeness (QED) is 0.640. The van der Waals surface area contributed by atoms with Gasteiger partial charge in [0.2, 0.25) is 11.8 Å². The molecule has 0 bridgehead atoms. The molecule has 1 heterocycles. The van der Waals surface area contributed by atoms with Gasteiger partial charge in [0.1, 0.15) is 0 Å². The summed E-state index contributed by atoms with van der Waals surface area (Å²) in [5.41, 5.74) is 0. The molecule has 16 heavy (non-hydrogen) atoms. The van der Waals surface area contributed by atoms with E-state index in [-0.39, 0.29) is 30.7 Å². The van der Waals surface area contributed by atoms with Crippen molar-refractivity contribution in [3.8, 4) is 0 Å². The number of nitrogens with zero attached hydrogens (tertiary/aromatic N) is 1. The van der Waals surface area contributed by atoms with E-state index in [1.165, 1.54) is 0 Å². The summed E-state index contributed by atoms with van der Waals surface area (Å²) in [5.74, 6) is -1.88. The molecular weight excluding hydrogens is 214 g/mol. The van der Waals surface area contributed by atoms with Crippen molar-refractivity contribution in [3.63, 3.8) is 0 Å². The van der Waals surface area contributed by atoms with Crippen LogP contribution in [-0.4, -0.2) is 45.5 Å². The molecule has 1 atom stereocenters. The minimum absolute atomic E-state index is 0.0299. The van der Waals surface area contributed by atoms with Crippen molar-refractivity contribution in [1.29, 1.82) is 0 Å². The Labute approximate surface area is 92.9 Å². The minimum Gasteiger partial charge on any atom is -0.479 e. The molecule has 1 rings (SSSR count). The van der Waals surface area contributed by atoms with Gasteiger partial charge < -0.3 is 10.2 Å². The summed E-state index contributed by atoms with van der Waals surface area (Å²) in [6.07, 6.45) is -1.05. The fourth-order valence-electron chi connectivity index (χ4n) is 1.65. The second-order valence-electron chi connectivity index (χ2n) is 4.10. The maximum Gasteiger partial charge on any atom is 0.332 e. The molecule has 2 amide bonds. The molecule has 6 heteroatoms. The van der Waals surface area contributed by atoms with Crippen LogP contribution in [0.25, 0.3) is 0 Å². The van der Waals surface area contributed by atoms with Crippen LogP contribution in [0.4, 0.5) is 0 Å². The third kappa shape index (κ3) is 3.03. The lowest BCUT2D eigenvalue weighted by molar-refractivity contribution is -0.153. The summed E-state index contributed by atoms with van der Waals surface area (Å²) in [6, 6.07) is 0. The first kappa shape index (κ1) is 12.6. The van der Waals surface area contributed by atoms with Gasteiger partial charge in [-0.25, -0.2) is 4.79 Å². The van der Waals surface area contributed by atoms with E-state index in [0.717, 1.165) is 4.90 Å². The molecule has 1 unspecified atom stereocenters. The molecule has 0 aromatic heterocycles. The fourth-order valence-corrected chi connectivity index (χ4v) is 1.65. The summed E-state index contributed by atoms with van der Waals surface area (Å²) in [6.45, 7) is 1.79. The van der Waals surface area contributed by atoms with Crippen molar-refractivity contribution < 1.29 is 24.6 Å². The Kier molecular flexibility index (Phi) is 4.00. The number of aliphatic hydroxyl groups excluding tert-OH is 1. The Balaban J connectivity index is 2.50. The number of carbonyl (C=O) groups excluding carboxylic acids is 2. The summed E-state index contributed by atoms with van der Waals surface area (Å²) in [4.78, 5) is 34.3. The van der Waals surface area contributed by atoms with Crippen molar-refractivity contribution in [2.75, 3.05) is 6.54 Å². The van der Waals surface area contributed by atoms with E-state index in [2.05, 4.69) is 0 Å². The molecule has 0 saturated carbocycles. The van der Waals surface area contributed by atoms with Gasteiger partial charge in [-0.15, -0.1) is 0 Å². The van der Waals surface area contributed by atoms with E-state index < -0.39 is 12.1 Å². The Morgan fingerprint density at radius 1 is 1.44 bits per heavy atom. The molecular formula is C10H15NO5. The molecule has 0 aliphatic carbocycles. The van der Waals surface area contributed by atoms with E-state index in [1.807, 2.05) is 6.92 Å². The van der Waals surface area contributed by atoms with Crippen LogP contribution in [0.3, 0.4) is 0 Å². The second kappa shape index (κ2) is 5.07. The number of carbonyl (C=O) groups is 3. The average molecular weight is 229 g/mol. The normalized spacial score (nSPS) is 20.0. The average Bonchev–Trinajstić information content (AvgIpc) is 2.15. The highest BCUT2D eigenvalue weighted by molar-refractivity contribution is 5.97. The Bertz CT molecular complexity index is 296. The van der Waals surface area contributed by atoms with Crippen LogP contribution in [-0.2, 0) is 14.4 Å². The summed E-state index contributed by atoms with van der Waals surface area (Å²) in [5, 5.41) is 17.5. The highest BCUT2D eigenvalue weighted by Crippen LogP contribution is 2.19. The van der Waals surface area contributed by atoms with Crippen LogP contribution in [0, 0.1) is 5.92 Å². The molecule has 2 N–H and O–H groups in total. The number of likely N-dealkylation sites (tertiary alicyclic amines) is 1. The topological polar surface area (TPSA) is 94.9 Å². The number of carboxylic acids is 1. The van der Waals surface area contributed by atoms with Gasteiger partial charge in [-0.1, -0.05) is 6.92 Å². The number of hydrogen-bond acceptors (Lipinski definition) is 4. The smallest absolute Gasteiger partial charge is 0.332 e. The molecule has 6 nitrogen and oxygen atoms in total. The third-order valence-corrected chi connectivity index (χ3v) is 2.56. The zero-order valence-electron chi connectivity index (χ0n) is 9.05. The lowest BCUT2D eigenvalue weighted by Gasteiger charge is -2.28. The standard InChI is InChI=1S/C10H15NO5/c1-6-4-8(13)11(9(14)5-6)3-2-7(12)10(15)16/h6-7,12H,2-5H2,1H3,(H,15,16). The first-order valence-corrected chi connectivity index (χ1v) is 5.16. The third-order valence-electron chi connectivity index (χ3n) is 2.56. The van der Waals surface area contributed by atoms with Gasteiger partial charge in [0.15, 0.2) is 6.10 Å². The molecule has 1 saturated heterocycles. The maximum absolute atomic E-state index is 11.5. The highest BCUT2D eigenvalue weighted by Gasteiger charge is 2.30. The predicted molar refractivity (Wildman–Crippen MR) is 53.4 cm³/mol. The highest BCUT2D eigenvalue weighted by atomic mass is 16.4. The van der Waals surface area contributed by atoms with Crippen LogP contribution in [0.1, 0.15) is 26.2 Å². The summed E-state index contributed by atoms with van der Waals surface area (Å²) < 4.78 is 0. The second-order valence-corrected chi connectivity index (χ2v) is 4.10. The van der Waals surface area contributed by atoms with Gasteiger partial charge in [0, 0.05) is 25.8 Å². The van der Waals surface area contributed by atoms with Crippen LogP contribution in [0.2, 0.25) is 0 Å². The number of imide groups is 1. The lowest BCUT2D eigenvalue weighted by atomic mass is 9.97. The molecule has 1 aliphatic heterocycles. The lowest BCUT2D eigenvalue weighted by Crippen LogP contribution is -2.44. The summed E-state index contributed by atoms with van der Waals surface area (Å²) >= 11 is 0. The van der Waals surface area contributed by atoms with Crippen LogP contribution in [0.5, 0.6) is 0 Å². The van der Waals surface area contributed by atoms with Crippen molar-refractivity contribution in [1.82, 2.24) is 4.90 Å². The number of rotatable bonds is 4. The molecule has 0 aromatic carbocycles. The zero-order chi connectivity index (χ0) is 12.3. The van der Waals surface area contributed by atoms with Crippen LogP contribution in [0.15, 0.2) is 0 Å². The molecule has 1 aliphatic rings. The van der Waals surface area contributed by atoms with Gasteiger partial charge in [0.25, 0.3) is 0 Å². The molecule has 0 spiro atoms. The van der Waals surface area contributed by atoms with Gasteiger partial charge >= 0.3 is 5.97 Å². The number of aliphatic hydroxyl groups is 1. The summed E-state index contributed by atoms with van der Waals surface area (Å²) in [7, 11) is 0. The van der Waals surface area contributed by atoms with Gasteiger partial charge in [0.05, 0.1) is 0 Å². The SMILES string of the molecule is CC1CC(=O)N(CCC(O)C(=O)O)C(=O)C1. The minimum atomic E-state index is -1.53. The first-order valence-electron chi connectivity index (χ1n) is 5.16. The van der Waals surface area contributed by atoms with Gasteiger partial charge in [-0.2, -0.15) is 0 Å². The number of hydrogen-bond donors (Lipinski definition) is 2. The van der Waals surface area contributed by atoms with Crippen LogP contribution < -0.4 is 0 Å². The van der Waals surface area contributed by atoms with Gasteiger partial charge in [-0.05, 0) is 5.92 Å². The van der Waals surface area contributed by atoms with Crippen molar-refractivity contribution >= 4 is 17.8 Å². The van der Waals surface area contributed by atoms with Crippen LogP contribution >= 0.6 is 0 Å². The van der Waals surface area contributed by atoms with E-state index in [9.17, 15) is 14.4 Å². The fraction of sp³-hybridized carbons (Fsp3) is 0.700. The zero-order valence-corrected chi connectivity index (χ0v) is 9.05. The largest absolute Gasteiger partial charge is 0.479 e.